The molecule has 6 atom stereocenters. The molecule has 0 spiro atoms. The van der Waals surface area contributed by atoms with Gasteiger partial charge in [0, 0.05) is 6.61 Å². The molecule has 0 heterocycles. The highest BCUT2D eigenvalue weighted by molar-refractivity contribution is 5.54. The van der Waals surface area contributed by atoms with Crippen molar-refractivity contribution in [3.8, 4) is 40.2 Å². The number of aryl methyl sites for hydroxylation is 1. The SMILES string of the molecule is COc1cc(C(C)C(C)CO)ccc1OC(CO)C(O)c1cc(C)c(OC(CO)C(O)c2cc(OC)c(O)c(OC)c2)c(OC)c1. The number of phenols is 1. The lowest BCUT2D eigenvalue weighted by Gasteiger charge is -2.27. The number of hydrogen-bond acceptors (Lipinski definition) is 12. The van der Waals surface area contributed by atoms with Crippen LogP contribution in [-0.4, -0.2) is 91.1 Å². The van der Waals surface area contributed by atoms with E-state index >= 15 is 0 Å². The van der Waals surface area contributed by atoms with E-state index in [1.54, 1.807) is 19.1 Å². The zero-order valence-corrected chi connectivity index (χ0v) is 27.3. The van der Waals surface area contributed by atoms with Crippen LogP contribution in [0, 0.1) is 12.8 Å². The number of aliphatic hydroxyl groups excluding tert-OH is 5. The van der Waals surface area contributed by atoms with Gasteiger partial charge in [0.15, 0.2) is 46.7 Å². The van der Waals surface area contributed by atoms with Crippen molar-refractivity contribution in [2.45, 2.75) is 51.1 Å². The predicted octanol–water partition coefficient (Wildman–Crippen LogP) is 3.41. The van der Waals surface area contributed by atoms with Crippen molar-refractivity contribution in [3.05, 3.63) is 64.7 Å². The molecule has 6 N–H and O–H groups in total. The van der Waals surface area contributed by atoms with Crippen molar-refractivity contribution in [2.75, 3.05) is 48.3 Å². The molecule has 0 amide bonds. The van der Waals surface area contributed by atoms with E-state index in [1.165, 1.54) is 46.6 Å². The molecular formula is C34H46O12. The maximum atomic E-state index is 11.3. The number of aromatic hydroxyl groups is 1. The summed E-state index contributed by atoms with van der Waals surface area (Å²) in [6.45, 7) is 4.58. The molecule has 0 aliphatic heterocycles. The minimum atomic E-state index is -1.37. The van der Waals surface area contributed by atoms with Crippen LogP contribution >= 0.6 is 0 Å². The van der Waals surface area contributed by atoms with Gasteiger partial charge >= 0.3 is 0 Å². The fraction of sp³-hybridized carbons (Fsp3) is 0.471. The van der Waals surface area contributed by atoms with Crippen LogP contribution in [0.3, 0.4) is 0 Å². The topological polar surface area (TPSA) is 177 Å². The summed E-state index contributed by atoms with van der Waals surface area (Å²) >= 11 is 0. The van der Waals surface area contributed by atoms with Gasteiger partial charge in [-0.05, 0) is 77.4 Å². The molecule has 0 bridgehead atoms. The Balaban J connectivity index is 1.88. The lowest BCUT2D eigenvalue weighted by molar-refractivity contribution is -0.00301. The van der Waals surface area contributed by atoms with Gasteiger partial charge in [-0.3, -0.25) is 0 Å². The van der Waals surface area contributed by atoms with Gasteiger partial charge in [-0.25, -0.2) is 0 Å². The first-order valence-corrected chi connectivity index (χ1v) is 14.8. The third kappa shape index (κ3) is 8.06. The highest BCUT2D eigenvalue weighted by Gasteiger charge is 2.29. The number of phenolic OH excluding ortho intramolecular Hbond substituents is 1. The highest BCUT2D eigenvalue weighted by Crippen LogP contribution is 2.42. The Morgan fingerprint density at radius 3 is 1.57 bits per heavy atom. The van der Waals surface area contributed by atoms with Crippen LogP contribution in [0.25, 0.3) is 0 Å². The molecule has 3 aromatic carbocycles. The summed E-state index contributed by atoms with van der Waals surface area (Å²) in [7, 11) is 5.61. The number of methoxy groups -OCH3 is 4. The Morgan fingerprint density at radius 1 is 0.587 bits per heavy atom. The molecule has 0 aromatic heterocycles. The summed E-state index contributed by atoms with van der Waals surface area (Å²) in [5.74, 6) is 1.12. The maximum Gasteiger partial charge on any atom is 0.200 e. The van der Waals surface area contributed by atoms with Gasteiger partial charge in [0.25, 0.3) is 0 Å². The zero-order chi connectivity index (χ0) is 34.1. The molecule has 46 heavy (non-hydrogen) atoms. The Bertz CT molecular complexity index is 1400. The van der Waals surface area contributed by atoms with E-state index < -0.39 is 37.6 Å². The summed E-state index contributed by atoms with van der Waals surface area (Å²) in [4.78, 5) is 0. The Kier molecular flexibility index (Phi) is 13.2. The molecular weight excluding hydrogens is 600 g/mol. The summed E-state index contributed by atoms with van der Waals surface area (Å²) < 4.78 is 33.5. The highest BCUT2D eigenvalue weighted by atomic mass is 16.5. The van der Waals surface area contributed by atoms with Crippen LogP contribution in [0.4, 0.5) is 0 Å². The van der Waals surface area contributed by atoms with E-state index in [1.807, 2.05) is 26.0 Å². The maximum absolute atomic E-state index is 11.3. The van der Waals surface area contributed by atoms with Crippen molar-refractivity contribution < 1.29 is 59.1 Å². The molecule has 254 valence electrons. The molecule has 0 aliphatic rings. The molecule has 6 unspecified atom stereocenters. The monoisotopic (exact) mass is 646 g/mol. The number of hydrogen-bond donors (Lipinski definition) is 6. The molecule has 3 aromatic rings. The van der Waals surface area contributed by atoms with Crippen LogP contribution in [-0.2, 0) is 0 Å². The first-order valence-electron chi connectivity index (χ1n) is 14.8. The summed E-state index contributed by atoms with van der Waals surface area (Å²) in [5, 5.41) is 62.6. The van der Waals surface area contributed by atoms with Crippen LogP contribution in [0.5, 0.6) is 40.2 Å². The van der Waals surface area contributed by atoms with Crippen molar-refractivity contribution in [1.29, 1.82) is 0 Å². The van der Waals surface area contributed by atoms with E-state index in [-0.39, 0.29) is 52.8 Å². The third-order valence-corrected chi connectivity index (χ3v) is 8.13. The van der Waals surface area contributed by atoms with Gasteiger partial charge in [-0.15, -0.1) is 0 Å². The van der Waals surface area contributed by atoms with Crippen LogP contribution in [0.2, 0.25) is 0 Å². The third-order valence-electron chi connectivity index (χ3n) is 8.13. The minimum absolute atomic E-state index is 0.0319. The molecule has 0 radical (unpaired) electrons. The fourth-order valence-corrected chi connectivity index (χ4v) is 5.02. The number of aliphatic hydroxyl groups is 5. The summed E-state index contributed by atoms with van der Waals surface area (Å²) in [6.07, 6.45) is -4.93. The van der Waals surface area contributed by atoms with Gasteiger partial charge in [-0.1, -0.05) is 19.9 Å². The fourth-order valence-electron chi connectivity index (χ4n) is 5.02. The van der Waals surface area contributed by atoms with Crippen LogP contribution < -0.4 is 28.4 Å². The molecule has 0 saturated heterocycles. The second-order valence-corrected chi connectivity index (χ2v) is 11.1. The summed E-state index contributed by atoms with van der Waals surface area (Å²) in [6, 6.07) is 11.3. The number of ether oxygens (including phenoxy) is 6. The molecule has 12 heteroatoms. The van der Waals surface area contributed by atoms with Gasteiger partial charge < -0.3 is 59.1 Å². The largest absolute Gasteiger partial charge is 0.502 e. The average Bonchev–Trinajstić information content (AvgIpc) is 3.08. The molecule has 0 saturated carbocycles. The molecule has 0 aliphatic carbocycles. The van der Waals surface area contributed by atoms with Crippen molar-refractivity contribution >= 4 is 0 Å². The standard InChI is InChI=1S/C34H46O12/c1-18-10-22(31(38)29(16-36)45-24-9-8-21(11-25(24)41-4)20(3)19(2)15-35)14-28(44-7)34(18)46-30(17-37)32(39)23-12-26(42-5)33(40)27(13-23)43-6/h8-14,19-20,29-32,35-40H,15-17H2,1-7H3. The Labute approximate surface area is 269 Å². The van der Waals surface area contributed by atoms with Gasteiger partial charge in [-0.2, -0.15) is 0 Å². The second kappa shape index (κ2) is 16.6. The quantitative estimate of drug-likeness (QED) is 0.126. The number of rotatable bonds is 17. The number of benzene rings is 3. The second-order valence-electron chi connectivity index (χ2n) is 11.1. The average molecular weight is 647 g/mol. The predicted molar refractivity (Wildman–Crippen MR) is 170 cm³/mol. The van der Waals surface area contributed by atoms with E-state index in [4.69, 9.17) is 28.4 Å². The van der Waals surface area contributed by atoms with Gasteiger partial charge in [0.05, 0.1) is 41.7 Å². The lowest BCUT2D eigenvalue weighted by Crippen LogP contribution is -2.30. The van der Waals surface area contributed by atoms with E-state index in [0.29, 0.717) is 22.6 Å². The summed E-state index contributed by atoms with van der Waals surface area (Å²) in [5.41, 5.74) is 2.07. The lowest BCUT2D eigenvalue weighted by atomic mass is 9.89. The minimum Gasteiger partial charge on any atom is -0.502 e. The normalized spacial score (nSPS) is 15.2. The molecule has 0 fully saturated rings. The molecule has 12 nitrogen and oxygen atoms in total. The Morgan fingerprint density at radius 2 is 1.07 bits per heavy atom. The van der Waals surface area contributed by atoms with E-state index in [0.717, 1.165) is 5.56 Å². The van der Waals surface area contributed by atoms with Gasteiger partial charge in [0.1, 0.15) is 12.2 Å². The first-order chi connectivity index (χ1) is 22.0. The van der Waals surface area contributed by atoms with Crippen LogP contribution in [0.1, 0.15) is 54.2 Å². The molecule has 3 rings (SSSR count). The van der Waals surface area contributed by atoms with E-state index in [9.17, 15) is 30.6 Å². The smallest absolute Gasteiger partial charge is 0.200 e. The Hall–Kier alpha value is -3.94. The van der Waals surface area contributed by atoms with E-state index in [2.05, 4.69) is 0 Å². The zero-order valence-electron chi connectivity index (χ0n) is 27.3. The first kappa shape index (κ1) is 36.5. The van der Waals surface area contributed by atoms with Crippen molar-refractivity contribution in [1.82, 2.24) is 0 Å². The van der Waals surface area contributed by atoms with Crippen molar-refractivity contribution in [3.63, 3.8) is 0 Å². The van der Waals surface area contributed by atoms with Crippen molar-refractivity contribution in [2.24, 2.45) is 5.92 Å². The van der Waals surface area contributed by atoms with Gasteiger partial charge in [0.2, 0.25) is 5.75 Å². The van der Waals surface area contributed by atoms with Crippen LogP contribution in [0.15, 0.2) is 42.5 Å².